The van der Waals surface area contributed by atoms with Gasteiger partial charge in [-0.2, -0.15) is 0 Å². The largest absolute Gasteiger partial charge is 0.484 e. The molecule has 4 heteroatoms. The first kappa shape index (κ1) is 16.8. The van der Waals surface area contributed by atoms with E-state index in [1.807, 2.05) is 12.1 Å². The molecule has 1 aliphatic carbocycles. The van der Waals surface area contributed by atoms with Crippen LogP contribution in [0.2, 0.25) is 0 Å². The molecule has 22 heavy (non-hydrogen) atoms. The molecule has 122 valence electrons. The molecule has 1 aliphatic rings. The molecule has 1 fully saturated rings. The summed E-state index contributed by atoms with van der Waals surface area (Å²) in [4.78, 5) is 12.0. The minimum Gasteiger partial charge on any atom is -0.484 e. The van der Waals surface area contributed by atoms with E-state index >= 15 is 0 Å². The molecule has 2 atom stereocenters. The standard InChI is InChI=1S/C18H28N2O2/c1-18(2,3)14-7-9-15(10-8-14)22-12-17(21)20-16-6-4-5-13(16)11-19/h7-10,13,16H,4-6,11-12,19H2,1-3H3,(H,20,21). The molecular formula is C18H28N2O2. The second kappa shape index (κ2) is 7.14. The van der Waals surface area contributed by atoms with Crippen LogP contribution in [0.15, 0.2) is 24.3 Å². The Morgan fingerprint density at radius 2 is 1.95 bits per heavy atom. The molecule has 1 saturated carbocycles. The van der Waals surface area contributed by atoms with Crippen molar-refractivity contribution in [3.63, 3.8) is 0 Å². The highest BCUT2D eigenvalue weighted by molar-refractivity contribution is 5.77. The first-order valence-electron chi connectivity index (χ1n) is 8.13. The minimum atomic E-state index is -0.0646. The first-order chi connectivity index (χ1) is 10.4. The molecule has 0 spiro atoms. The molecule has 4 nitrogen and oxygen atoms in total. The van der Waals surface area contributed by atoms with Crippen molar-refractivity contribution >= 4 is 5.91 Å². The number of carbonyl (C=O) groups excluding carboxylic acids is 1. The van der Waals surface area contributed by atoms with Crippen molar-refractivity contribution < 1.29 is 9.53 Å². The monoisotopic (exact) mass is 304 g/mol. The summed E-state index contributed by atoms with van der Waals surface area (Å²) in [7, 11) is 0. The molecule has 1 aromatic carbocycles. The van der Waals surface area contributed by atoms with Gasteiger partial charge in [0, 0.05) is 6.04 Å². The maximum atomic E-state index is 12.0. The van der Waals surface area contributed by atoms with E-state index < -0.39 is 0 Å². The van der Waals surface area contributed by atoms with Gasteiger partial charge in [-0.3, -0.25) is 4.79 Å². The van der Waals surface area contributed by atoms with Gasteiger partial charge in [0.15, 0.2) is 6.61 Å². The topological polar surface area (TPSA) is 64.3 Å². The Morgan fingerprint density at radius 3 is 2.55 bits per heavy atom. The normalized spacial score (nSPS) is 21.6. The van der Waals surface area contributed by atoms with E-state index in [4.69, 9.17) is 10.5 Å². The van der Waals surface area contributed by atoms with Gasteiger partial charge in [0.2, 0.25) is 0 Å². The number of hydrogen-bond donors (Lipinski definition) is 2. The van der Waals surface area contributed by atoms with Gasteiger partial charge in [-0.05, 0) is 48.4 Å². The third kappa shape index (κ3) is 4.47. The van der Waals surface area contributed by atoms with Crippen LogP contribution in [0.4, 0.5) is 0 Å². The van der Waals surface area contributed by atoms with Gasteiger partial charge in [0.05, 0.1) is 0 Å². The Labute approximate surface area is 133 Å². The van der Waals surface area contributed by atoms with Crippen LogP contribution in [0, 0.1) is 5.92 Å². The maximum absolute atomic E-state index is 12.0. The van der Waals surface area contributed by atoms with Crippen molar-refractivity contribution in [3.05, 3.63) is 29.8 Å². The van der Waals surface area contributed by atoms with E-state index in [1.165, 1.54) is 5.56 Å². The van der Waals surface area contributed by atoms with Crippen LogP contribution >= 0.6 is 0 Å². The highest BCUT2D eigenvalue weighted by Gasteiger charge is 2.27. The molecule has 0 aliphatic heterocycles. The lowest BCUT2D eigenvalue weighted by atomic mass is 9.87. The van der Waals surface area contributed by atoms with Crippen LogP contribution in [-0.2, 0) is 10.2 Å². The second-order valence-electron chi connectivity index (χ2n) is 7.16. The summed E-state index contributed by atoms with van der Waals surface area (Å²) < 4.78 is 5.57. The lowest BCUT2D eigenvalue weighted by molar-refractivity contribution is -0.124. The van der Waals surface area contributed by atoms with E-state index in [9.17, 15) is 4.79 Å². The number of nitrogens with one attached hydrogen (secondary N) is 1. The summed E-state index contributed by atoms with van der Waals surface area (Å²) in [6.07, 6.45) is 3.27. The quantitative estimate of drug-likeness (QED) is 0.879. The van der Waals surface area contributed by atoms with E-state index in [-0.39, 0.29) is 24.0 Å². The number of benzene rings is 1. The molecule has 0 saturated heterocycles. The highest BCUT2D eigenvalue weighted by Crippen LogP contribution is 2.25. The van der Waals surface area contributed by atoms with Gasteiger partial charge >= 0.3 is 0 Å². The van der Waals surface area contributed by atoms with Gasteiger partial charge in [0.25, 0.3) is 5.91 Å². The average Bonchev–Trinajstić information content (AvgIpc) is 2.92. The van der Waals surface area contributed by atoms with Crippen molar-refractivity contribution in [1.82, 2.24) is 5.32 Å². The van der Waals surface area contributed by atoms with E-state index in [1.54, 1.807) is 0 Å². The zero-order valence-electron chi connectivity index (χ0n) is 13.9. The first-order valence-corrected chi connectivity index (χ1v) is 8.13. The summed E-state index contributed by atoms with van der Waals surface area (Å²) in [6, 6.07) is 8.16. The van der Waals surface area contributed by atoms with E-state index in [0.29, 0.717) is 12.5 Å². The molecule has 0 heterocycles. The maximum Gasteiger partial charge on any atom is 0.258 e. The Hall–Kier alpha value is -1.55. The number of ether oxygens (including phenoxy) is 1. The Balaban J connectivity index is 1.81. The van der Waals surface area contributed by atoms with Gasteiger partial charge in [-0.1, -0.05) is 39.3 Å². The Morgan fingerprint density at radius 1 is 1.27 bits per heavy atom. The summed E-state index contributed by atoms with van der Waals surface area (Å²) in [5.74, 6) is 1.07. The predicted octanol–water partition coefficient (Wildman–Crippen LogP) is 2.61. The molecule has 1 aromatic rings. The third-order valence-electron chi connectivity index (χ3n) is 4.40. The lowest BCUT2D eigenvalue weighted by Crippen LogP contribution is -2.42. The van der Waals surface area contributed by atoms with Crippen molar-refractivity contribution in [2.75, 3.05) is 13.2 Å². The van der Waals surface area contributed by atoms with Gasteiger partial charge in [0.1, 0.15) is 5.75 Å². The van der Waals surface area contributed by atoms with Crippen LogP contribution in [-0.4, -0.2) is 25.1 Å². The molecule has 0 radical (unpaired) electrons. The summed E-state index contributed by atoms with van der Waals surface area (Å²) >= 11 is 0. The Kier molecular flexibility index (Phi) is 5.46. The van der Waals surface area contributed by atoms with Crippen molar-refractivity contribution in [3.8, 4) is 5.75 Å². The average molecular weight is 304 g/mol. The van der Waals surface area contributed by atoms with E-state index in [2.05, 4.69) is 38.2 Å². The predicted molar refractivity (Wildman–Crippen MR) is 89.0 cm³/mol. The molecule has 0 bridgehead atoms. The molecule has 1 amide bonds. The molecular weight excluding hydrogens is 276 g/mol. The van der Waals surface area contributed by atoms with Gasteiger partial charge < -0.3 is 15.8 Å². The number of rotatable bonds is 5. The summed E-state index contributed by atoms with van der Waals surface area (Å²) in [5.41, 5.74) is 7.10. The fraction of sp³-hybridized carbons (Fsp3) is 0.611. The summed E-state index contributed by atoms with van der Waals surface area (Å²) in [6.45, 7) is 7.21. The number of amides is 1. The molecule has 0 aromatic heterocycles. The summed E-state index contributed by atoms with van der Waals surface area (Å²) in [5, 5.41) is 3.04. The highest BCUT2D eigenvalue weighted by atomic mass is 16.5. The third-order valence-corrected chi connectivity index (χ3v) is 4.40. The van der Waals surface area contributed by atoms with Gasteiger partial charge in [-0.25, -0.2) is 0 Å². The smallest absolute Gasteiger partial charge is 0.258 e. The fourth-order valence-corrected chi connectivity index (χ4v) is 2.96. The fourth-order valence-electron chi connectivity index (χ4n) is 2.96. The van der Waals surface area contributed by atoms with Crippen LogP contribution in [0.3, 0.4) is 0 Å². The molecule has 2 rings (SSSR count). The minimum absolute atomic E-state index is 0.0582. The van der Waals surface area contributed by atoms with Crippen LogP contribution in [0.25, 0.3) is 0 Å². The Bertz CT molecular complexity index is 491. The zero-order chi connectivity index (χ0) is 16.2. The number of hydrogen-bond acceptors (Lipinski definition) is 3. The lowest BCUT2D eigenvalue weighted by Gasteiger charge is -2.20. The molecule has 2 unspecified atom stereocenters. The zero-order valence-corrected chi connectivity index (χ0v) is 13.9. The van der Waals surface area contributed by atoms with Crippen molar-refractivity contribution in [1.29, 1.82) is 0 Å². The number of nitrogens with two attached hydrogens (primary N) is 1. The van der Waals surface area contributed by atoms with Crippen molar-refractivity contribution in [2.24, 2.45) is 11.7 Å². The van der Waals surface area contributed by atoms with Crippen LogP contribution in [0.1, 0.15) is 45.6 Å². The van der Waals surface area contributed by atoms with Crippen LogP contribution in [0.5, 0.6) is 5.75 Å². The number of carbonyl (C=O) groups is 1. The van der Waals surface area contributed by atoms with Gasteiger partial charge in [-0.15, -0.1) is 0 Å². The van der Waals surface area contributed by atoms with E-state index in [0.717, 1.165) is 25.0 Å². The second-order valence-corrected chi connectivity index (χ2v) is 7.16. The molecule has 3 N–H and O–H groups in total. The van der Waals surface area contributed by atoms with Crippen molar-refractivity contribution in [2.45, 2.75) is 51.5 Å². The SMILES string of the molecule is CC(C)(C)c1ccc(OCC(=O)NC2CCCC2CN)cc1. The van der Waals surface area contributed by atoms with Crippen LogP contribution < -0.4 is 15.8 Å².